The average Bonchev–Trinajstić information content (AvgIpc) is 2.69. The maximum Gasteiger partial charge on any atom is 0.0629 e. The van der Waals surface area contributed by atoms with Gasteiger partial charge in [-0.25, -0.2) is 0 Å². The lowest BCUT2D eigenvalue weighted by atomic mass is 10.1. The summed E-state index contributed by atoms with van der Waals surface area (Å²) in [6.45, 7) is 2.14. The second-order valence-electron chi connectivity index (χ2n) is 4.56. The van der Waals surface area contributed by atoms with Crippen molar-refractivity contribution >= 4 is 11.4 Å². The van der Waals surface area contributed by atoms with Crippen LogP contribution in [-0.4, -0.2) is 13.1 Å². The summed E-state index contributed by atoms with van der Waals surface area (Å²) in [7, 11) is 2.18. The average molecular weight is 204 g/mol. The number of nitrogens with zero attached hydrogens (tertiary/aromatic N) is 1. The zero-order valence-electron chi connectivity index (χ0n) is 9.66. The van der Waals surface area contributed by atoms with Crippen LogP contribution in [0, 0.1) is 6.92 Å². The molecule has 0 heterocycles. The Balaban J connectivity index is 2.27. The summed E-state index contributed by atoms with van der Waals surface area (Å²) in [5.74, 6) is 0. The molecule has 0 saturated heterocycles. The Labute approximate surface area is 92.1 Å². The van der Waals surface area contributed by atoms with E-state index in [9.17, 15) is 0 Å². The first-order valence-corrected chi connectivity index (χ1v) is 5.78. The minimum atomic E-state index is 0.688. The van der Waals surface area contributed by atoms with E-state index in [1.54, 1.807) is 0 Å². The Morgan fingerprint density at radius 2 is 1.93 bits per heavy atom. The molecule has 1 aliphatic carbocycles. The van der Waals surface area contributed by atoms with Crippen LogP contribution in [0.15, 0.2) is 18.2 Å². The molecule has 0 bridgehead atoms. The van der Waals surface area contributed by atoms with Crippen molar-refractivity contribution in [2.45, 2.75) is 38.6 Å². The van der Waals surface area contributed by atoms with Crippen LogP contribution in [0.1, 0.15) is 31.2 Å². The number of hydrogen-bond acceptors (Lipinski definition) is 2. The molecule has 82 valence electrons. The fourth-order valence-corrected chi connectivity index (χ4v) is 2.64. The van der Waals surface area contributed by atoms with Crippen LogP contribution < -0.4 is 10.6 Å². The fraction of sp³-hybridized carbons (Fsp3) is 0.538. The van der Waals surface area contributed by atoms with E-state index in [0.717, 1.165) is 5.69 Å². The summed E-state index contributed by atoms with van der Waals surface area (Å²) in [4.78, 5) is 2.37. The highest BCUT2D eigenvalue weighted by Gasteiger charge is 2.21. The number of nitrogens with two attached hydrogens (primary N) is 1. The molecule has 2 heteroatoms. The van der Waals surface area contributed by atoms with Gasteiger partial charge in [0.05, 0.1) is 11.4 Å². The van der Waals surface area contributed by atoms with E-state index in [0.29, 0.717) is 6.04 Å². The van der Waals surface area contributed by atoms with E-state index in [1.807, 2.05) is 12.1 Å². The van der Waals surface area contributed by atoms with Crippen LogP contribution in [-0.2, 0) is 0 Å². The molecule has 1 fully saturated rings. The SMILES string of the molecule is Cc1cccc(N)c1N(C)C1CCCC1. The van der Waals surface area contributed by atoms with Crippen LogP contribution in [0.2, 0.25) is 0 Å². The summed E-state index contributed by atoms with van der Waals surface area (Å²) in [5, 5.41) is 0. The number of anilines is 2. The summed E-state index contributed by atoms with van der Waals surface area (Å²) < 4.78 is 0. The lowest BCUT2D eigenvalue weighted by molar-refractivity contribution is 0.652. The Bertz CT molecular complexity index is 320. The van der Waals surface area contributed by atoms with Gasteiger partial charge in [0, 0.05) is 13.1 Å². The standard InChI is InChI=1S/C13H20N2/c1-10-6-5-9-12(14)13(10)15(2)11-7-3-4-8-11/h5-6,9,11H,3-4,7-8,14H2,1-2H3. The van der Waals surface area contributed by atoms with Crippen LogP contribution in [0.4, 0.5) is 11.4 Å². The van der Waals surface area contributed by atoms with Crippen molar-refractivity contribution in [1.29, 1.82) is 0 Å². The molecule has 0 atom stereocenters. The second kappa shape index (κ2) is 4.13. The lowest BCUT2D eigenvalue weighted by Gasteiger charge is -2.29. The van der Waals surface area contributed by atoms with Crippen molar-refractivity contribution in [1.82, 2.24) is 0 Å². The van der Waals surface area contributed by atoms with Gasteiger partial charge in [0.1, 0.15) is 0 Å². The predicted molar refractivity (Wildman–Crippen MR) is 66.3 cm³/mol. The molecule has 1 aromatic rings. The van der Waals surface area contributed by atoms with Crippen molar-refractivity contribution in [3.05, 3.63) is 23.8 Å². The lowest BCUT2D eigenvalue weighted by Crippen LogP contribution is -2.30. The smallest absolute Gasteiger partial charge is 0.0629 e. The number of hydrogen-bond donors (Lipinski definition) is 1. The van der Waals surface area contributed by atoms with Gasteiger partial charge in [-0.3, -0.25) is 0 Å². The van der Waals surface area contributed by atoms with E-state index in [4.69, 9.17) is 5.73 Å². The van der Waals surface area contributed by atoms with Gasteiger partial charge >= 0.3 is 0 Å². The Morgan fingerprint density at radius 3 is 2.53 bits per heavy atom. The molecular weight excluding hydrogens is 184 g/mol. The molecule has 1 saturated carbocycles. The maximum atomic E-state index is 6.05. The third kappa shape index (κ3) is 1.94. The zero-order valence-corrected chi connectivity index (χ0v) is 9.66. The number of nitrogen functional groups attached to an aromatic ring is 1. The third-order valence-electron chi connectivity index (χ3n) is 3.49. The van der Waals surface area contributed by atoms with Crippen LogP contribution >= 0.6 is 0 Å². The first-order valence-electron chi connectivity index (χ1n) is 5.78. The zero-order chi connectivity index (χ0) is 10.8. The Kier molecular flexibility index (Phi) is 2.85. The van der Waals surface area contributed by atoms with Gasteiger partial charge in [0.2, 0.25) is 0 Å². The molecule has 0 radical (unpaired) electrons. The van der Waals surface area contributed by atoms with Gasteiger partial charge in [0.15, 0.2) is 0 Å². The van der Waals surface area contributed by atoms with Crippen molar-refractivity contribution in [3.8, 4) is 0 Å². The van der Waals surface area contributed by atoms with Crippen molar-refractivity contribution in [3.63, 3.8) is 0 Å². The van der Waals surface area contributed by atoms with E-state index in [1.165, 1.54) is 36.9 Å². The highest BCUT2D eigenvalue weighted by Crippen LogP contribution is 2.32. The molecule has 2 rings (SSSR count). The monoisotopic (exact) mass is 204 g/mol. The summed E-state index contributed by atoms with van der Waals surface area (Å²) in [5.41, 5.74) is 9.46. The van der Waals surface area contributed by atoms with E-state index < -0.39 is 0 Å². The maximum absolute atomic E-state index is 6.05. The molecule has 2 N–H and O–H groups in total. The Hall–Kier alpha value is -1.18. The molecule has 1 aromatic carbocycles. The molecule has 0 unspecified atom stereocenters. The van der Waals surface area contributed by atoms with E-state index >= 15 is 0 Å². The van der Waals surface area contributed by atoms with Gasteiger partial charge < -0.3 is 10.6 Å². The highest BCUT2D eigenvalue weighted by atomic mass is 15.1. The fourth-order valence-electron chi connectivity index (χ4n) is 2.64. The minimum absolute atomic E-state index is 0.688. The first-order chi connectivity index (χ1) is 7.20. The van der Waals surface area contributed by atoms with Crippen LogP contribution in [0.5, 0.6) is 0 Å². The molecule has 2 nitrogen and oxygen atoms in total. The molecule has 0 aromatic heterocycles. The number of para-hydroxylation sites is 1. The molecular formula is C13H20N2. The van der Waals surface area contributed by atoms with Crippen LogP contribution in [0.25, 0.3) is 0 Å². The van der Waals surface area contributed by atoms with Crippen molar-refractivity contribution < 1.29 is 0 Å². The topological polar surface area (TPSA) is 29.3 Å². The largest absolute Gasteiger partial charge is 0.397 e. The summed E-state index contributed by atoms with van der Waals surface area (Å²) >= 11 is 0. The Morgan fingerprint density at radius 1 is 1.27 bits per heavy atom. The molecule has 0 aliphatic heterocycles. The predicted octanol–water partition coefficient (Wildman–Crippen LogP) is 2.96. The third-order valence-corrected chi connectivity index (χ3v) is 3.49. The summed E-state index contributed by atoms with van der Waals surface area (Å²) in [6, 6.07) is 6.84. The number of benzene rings is 1. The highest BCUT2D eigenvalue weighted by molar-refractivity contribution is 5.71. The van der Waals surface area contributed by atoms with E-state index in [2.05, 4.69) is 24.9 Å². The van der Waals surface area contributed by atoms with Crippen molar-refractivity contribution in [2.75, 3.05) is 17.7 Å². The quantitative estimate of drug-likeness (QED) is 0.750. The van der Waals surface area contributed by atoms with E-state index in [-0.39, 0.29) is 0 Å². The first kappa shape index (κ1) is 10.3. The van der Waals surface area contributed by atoms with Crippen molar-refractivity contribution in [2.24, 2.45) is 0 Å². The van der Waals surface area contributed by atoms with Gasteiger partial charge in [-0.15, -0.1) is 0 Å². The van der Waals surface area contributed by atoms with Gasteiger partial charge in [-0.2, -0.15) is 0 Å². The molecule has 1 aliphatic rings. The second-order valence-corrected chi connectivity index (χ2v) is 4.56. The van der Waals surface area contributed by atoms with Gasteiger partial charge in [-0.05, 0) is 31.4 Å². The van der Waals surface area contributed by atoms with Gasteiger partial charge in [0.25, 0.3) is 0 Å². The number of aryl methyl sites for hydroxylation is 1. The minimum Gasteiger partial charge on any atom is -0.397 e. The number of rotatable bonds is 2. The molecule has 15 heavy (non-hydrogen) atoms. The molecule has 0 spiro atoms. The normalized spacial score (nSPS) is 16.9. The van der Waals surface area contributed by atoms with Crippen LogP contribution in [0.3, 0.4) is 0 Å². The summed E-state index contributed by atoms with van der Waals surface area (Å²) in [6.07, 6.45) is 5.34. The van der Waals surface area contributed by atoms with Gasteiger partial charge in [-0.1, -0.05) is 25.0 Å². The molecule has 0 amide bonds.